The molecule has 3 aliphatic carbocycles. The van der Waals surface area contributed by atoms with Crippen LogP contribution in [0, 0.1) is 45.6 Å². The van der Waals surface area contributed by atoms with Gasteiger partial charge >= 0.3 is 348 Å². The molecule has 1 heterocycles. The van der Waals surface area contributed by atoms with E-state index in [1.54, 1.807) is 0 Å². The van der Waals surface area contributed by atoms with Gasteiger partial charge in [-0.15, -0.1) is 0 Å². The van der Waals surface area contributed by atoms with Crippen LogP contribution in [-0.2, 0) is 10.2 Å². The van der Waals surface area contributed by atoms with Crippen molar-refractivity contribution in [2.75, 3.05) is 0 Å². The Labute approximate surface area is 345 Å². The zero-order valence-corrected chi connectivity index (χ0v) is 39.2. The van der Waals surface area contributed by atoms with Crippen molar-refractivity contribution in [2.24, 2.45) is 0 Å². The number of para-hydroxylation sites is 2. The van der Waals surface area contributed by atoms with Gasteiger partial charge in [-0.3, -0.25) is 0 Å². The number of nitrogens with zero attached hydrogens (tertiary/aromatic N) is 2. The van der Waals surface area contributed by atoms with Crippen molar-refractivity contribution in [2.45, 2.75) is 155 Å². The van der Waals surface area contributed by atoms with E-state index in [-0.39, 0.29) is 0 Å². The van der Waals surface area contributed by atoms with Gasteiger partial charge < -0.3 is 0 Å². The number of fused-ring (bicyclic) bond motifs is 1. The van der Waals surface area contributed by atoms with Gasteiger partial charge in [0, 0.05) is 0 Å². The van der Waals surface area contributed by atoms with Crippen LogP contribution in [0.3, 0.4) is 0 Å². The monoisotopic (exact) mass is 897 g/mol. The van der Waals surface area contributed by atoms with Crippen LogP contribution in [-0.4, -0.2) is 30.7 Å². The standard InChI is InChI=1S/C25H26N2.C18H33P.C7H6.2ClH.Ru/c1-16-11-18(3)24(19(4)12-16)26-15-27(23-10-8-7-9-22(23)26)25-20(5)13-17(2)14-21(25)6;1-4-10-16(11-5-1)19(17-12-6-2-7-13-17)18-14-8-3-9-15-18;1-7-5-3-2-4-6-7;;;/h7-14H,1-6H3;16-18H,1-15H2;1-6H;2*1H;/q;;;;;+1/p-1. The van der Waals surface area contributed by atoms with E-state index in [0.29, 0.717) is 17.0 Å². The summed E-state index contributed by atoms with van der Waals surface area (Å²) in [6, 6.07) is 29.9. The molecule has 0 bridgehead atoms. The van der Waals surface area contributed by atoms with E-state index in [1.165, 1.54) is 162 Å². The van der Waals surface area contributed by atoms with Crippen LogP contribution in [0.4, 0.5) is 0 Å². The van der Waals surface area contributed by atoms with Gasteiger partial charge in [0.1, 0.15) is 0 Å². The second-order valence-electron chi connectivity index (χ2n) is 18.0. The summed E-state index contributed by atoms with van der Waals surface area (Å²) in [5.41, 5.74) is 13.0. The summed E-state index contributed by atoms with van der Waals surface area (Å²) in [5, 5.41) is 0. The van der Waals surface area contributed by atoms with Gasteiger partial charge in [0.25, 0.3) is 0 Å². The SMILES string of the molecule is Cc1cc(C)c(-n2[c](=[Ru]([Cl])([Cl])(=[CH]c3ccccc3)[PH](C3CCCCC3)(C3CCCCC3)C3CCCCC3)n(-c3c(C)cc(C)cc3C)c3ccccc32)c(C)c1. The molecule has 0 N–H and O–H groups in total. The van der Waals surface area contributed by atoms with Crippen molar-refractivity contribution in [3.63, 3.8) is 0 Å². The number of rotatable bonds is 7. The predicted octanol–water partition coefficient (Wildman–Crippen LogP) is 15.3. The van der Waals surface area contributed by atoms with E-state index in [2.05, 4.69) is 134 Å². The molecule has 3 aliphatic rings. The second kappa shape index (κ2) is 16.1. The molecule has 3 fully saturated rings. The van der Waals surface area contributed by atoms with Crippen molar-refractivity contribution in [3.8, 4) is 11.4 Å². The minimum absolute atomic E-state index is 0.614. The first-order valence-electron chi connectivity index (χ1n) is 21.8. The number of hydrogen-bond acceptors (Lipinski definition) is 0. The summed E-state index contributed by atoms with van der Waals surface area (Å²) in [7, 11) is 14.4. The zero-order chi connectivity index (χ0) is 39.3. The normalized spacial score (nSPS) is 19.2. The van der Waals surface area contributed by atoms with Gasteiger partial charge in [0.15, 0.2) is 0 Å². The summed E-state index contributed by atoms with van der Waals surface area (Å²) in [6.07, 6.45) is 19.7. The zero-order valence-electron chi connectivity index (χ0n) is 34.9. The molecule has 0 spiro atoms. The maximum absolute atomic E-state index is 9.74. The van der Waals surface area contributed by atoms with E-state index in [0.717, 1.165) is 0 Å². The van der Waals surface area contributed by atoms with Crippen LogP contribution < -0.4 is 0 Å². The molecule has 0 aliphatic heterocycles. The number of halogens is 2. The Kier molecular flexibility index (Phi) is 11.7. The molecule has 3 saturated carbocycles. The first kappa shape index (κ1) is 40.6. The molecular weight excluding hydrogens is 832 g/mol. The molecule has 8 rings (SSSR count). The average molecular weight is 898 g/mol. The number of aryl methyl sites for hydroxylation is 6. The minimum atomic E-state index is -5.12. The topological polar surface area (TPSA) is 9.86 Å². The molecule has 56 heavy (non-hydrogen) atoms. The third-order valence-electron chi connectivity index (χ3n) is 14.1. The number of imidazole rings is 1. The molecule has 5 aromatic rings. The summed E-state index contributed by atoms with van der Waals surface area (Å²) < 4.78 is 9.23. The van der Waals surface area contributed by atoms with Gasteiger partial charge in [-0.25, -0.2) is 0 Å². The van der Waals surface area contributed by atoms with Crippen LogP contribution in [0.2, 0.25) is 0 Å². The van der Waals surface area contributed by atoms with E-state index >= 15 is 0 Å². The molecular formula is C50H66Cl2N2PRu. The molecule has 4 aromatic carbocycles. The molecule has 303 valence electrons. The molecule has 0 unspecified atom stereocenters. The van der Waals surface area contributed by atoms with Crippen LogP contribution >= 0.6 is 25.0 Å². The van der Waals surface area contributed by atoms with Gasteiger partial charge in [-0.1, -0.05) is 0 Å². The molecule has 0 amide bonds. The fourth-order valence-electron chi connectivity index (χ4n) is 12.3. The number of aromatic nitrogens is 2. The number of benzene rings is 4. The van der Waals surface area contributed by atoms with Crippen molar-refractivity contribution in [1.29, 1.82) is 0 Å². The molecule has 0 atom stereocenters. The van der Waals surface area contributed by atoms with E-state index < -0.39 is 15.8 Å². The van der Waals surface area contributed by atoms with Gasteiger partial charge in [0.2, 0.25) is 0 Å². The molecule has 2 nitrogen and oxygen atoms in total. The Bertz CT molecular complexity index is 2250. The van der Waals surface area contributed by atoms with Crippen molar-refractivity contribution < 1.29 is 10.2 Å². The van der Waals surface area contributed by atoms with E-state index in [1.807, 2.05) is 0 Å². The van der Waals surface area contributed by atoms with Crippen molar-refractivity contribution >= 4 is 40.6 Å². The van der Waals surface area contributed by atoms with Crippen LogP contribution in [0.25, 0.3) is 22.4 Å². The van der Waals surface area contributed by atoms with Crippen molar-refractivity contribution in [3.05, 3.63) is 122 Å². The third kappa shape index (κ3) is 6.76. The first-order chi connectivity index (χ1) is 26.9. The Morgan fingerprint density at radius 3 is 1.20 bits per heavy atom. The Balaban J connectivity index is 1.78. The van der Waals surface area contributed by atoms with Gasteiger partial charge in [-0.2, -0.15) is 0 Å². The van der Waals surface area contributed by atoms with Gasteiger partial charge in [0.05, 0.1) is 0 Å². The molecule has 6 heteroatoms. The fourth-order valence-corrected chi connectivity index (χ4v) is 59.3. The first-order valence-corrected chi connectivity index (χ1v) is 32.9. The predicted molar refractivity (Wildman–Crippen MR) is 247 cm³/mol. The average Bonchev–Trinajstić information content (AvgIpc) is 3.51. The molecule has 0 radical (unpaired) electrons. The van der Waals surface area contributed by atoms with Crippen LogP contribution in [0.1, 0.15) is 135 Å². The number of hydrogen-bond donors (Lipinski definition) is 0. The third-order valence-corrected chi connectivity index (χ3v) is 51.0. The Morgan fingerprint density at radius 2 is 0.839 bits per heavy atom. The summed E-state index contributed by atoms with van der Waals surface area (Å²) >= 11 is 0. The maximum atomic E-state index is 9.74. The molecule has 1 aromatic heterocycles. The van der Waals surface area contributed by atoms with Crippen LogP contribution in [0.15, 0.2) is 78.9 Å². The van der Waals surface area contributed by atoms with E-state index in [9.17, 15) is 19.4 Å². The fraction of sp³-hybridized carbons (Fsp3) is 0.480. The Hall–Kier alpha value is -2.15. The Morgan fingerprint density at radius 1 is 0.500 bits per heavy atom. The second-order valence-corrected chi connectivity index (χ2v) is 46.0. The quantitative estimate of drug-likeness (QED) is 0.114. The van der Waals surface area contributed by atoms with Crippen LogP contribution in [0.5, 0.6) is 0 Å². The van der Waals surface area contributed by atoms with Crippen molar-refractivity contribution in [1.82, 2.24) is 9.13 Å². The summed E-state index contributed by atoms with van der Waals surface area (Å²) in [5.74, 6) is 0. The van der Waals surface area contributed by atoms with E-state index in [4.69, 9.17) is 0 Å². The molecule has 0 saturated heterocycles. The summed E-state index contributed by atoms with van der Waals surface area (Å²) in [6.45, 7) is 13.7. The van der Waals surface area contributed by atoms with Gasteiger partial charge in [-0.05, 0) is 0 Å². The summed E-state index contributed by atoms with van der Waals surface area (Å²) in [4.78, 5) is 0.